The van der Waals surface area contributed by atoms with Gasteiger partial charge in [0.05, 0.1) is 31.6 Å². The summed E-state index contributed by atoms with van der Waals surface area (Å²) in [5, 5.41) is 5.21. The molecule has 5 aliphatic rings. The SMILES string of the molecule is CC1(C)c2ccccc2-c2ccc(N(c3ccc4c(c3)C3(c5ccccc5-c5ccccc53)c3ccccc3-4)c3cccc4c3sc3ccccc34)cc21.c1ccc(-c2ccc(N(c3ccc4c(c3)C3(c5ccccc5-c5ccccc53)c3ccccc3-4)c3cccc4c3sc3ccccc34)cc2)cc1. The molecule has 2 aromatic heterocycles. The van der Waals surface area contributed by atoms with Crippen molar-refractivity contribution in [3.05, 3.63) is 420 Å². The summed E-state index contributed by atoms with van der Waals surface area (Å²) in [6.07, 6.45) is 0. The molecule has 0 N–H and O–H groups in total. The van der Waals surface area contributed by atoms with E-state index in [9.17, 15) is 0 Å². The lowest BCUT2D eigenvalue weighted by molar-refractivity contribution is 0.660. The summed E-state index contributed by atoms with van der Waals surface area (Å²) in [6, 6.07) is 136. The van der Waals surface area contributed by atoms with E-state index in [-0.39, 0.29) is 5.41 Å². The number of rotatable bonds is 7. The van der Waals surface area contributed by atoms with Crippen molar-refractivity contribution in [3.63, 3.8) is 0 Å². The van der Waals surface area contributed by atoms with Gasteiger partial charge in [-0.3, -0.25) is 0 Å². The highest BCUT2D eigenvalue weighted by molar-refractivity contribution is 7.26. The Morgan fingerprint density at radius 1 is 0.210 bits per heavy atom. The van der Waals surface area contributed by atoms with E-state index in [1.807, 2.05) is 22.7 Å². The summed E-state index contributed by atoms with van der Waals surface area (Å²) >= 11 is 3.77. The van der Waals surface area contributed by atoms with Crippen LogP contribution in [-0.4, -0.2) is 0 Å². The second kappa shape index (κ2) is 22.8. The third-order valence-corrected chi connectivity index (χ3v) is 26.2. The Morgan fingerprint density at radius 3 is 0.905 bits per heavy atom. The second-order valence-electron chi connectivity index (χ2n) is 29.2. The second-order valence-corrected chi connectivity index (χ2v) is 31.3. The van der Waals surface area contributed by atoms with Crippen molar-refractivity contribution in [1.29, 1.82) is 0 Å². The van der Waals surface area contributed by atoms with Crippen LogP contribution in [0.1, 0.15) is 69.5 Å². The molecule has 0 radical (unpaired) electrons. The predicted octanol–water partition coefficient (Wildman–Crippen LogP) is 27.7. The van der Waals surface area contributed by atoms with Gasteiger partial charge in [-0.15, -0.1) is 22.7 Å². The summed E-state index contributed by atoms with van der Waals surface area (Å²) < 4.78 is 5.22. The predicted molar refractivity (Wildman–Crippen MR) is 444 cm³/mol. The van der Waals surface area contributed by atoms with Gasteiger partial charge in [-0.05, 0) is 195 Å². The Hall–Kier alpha value is -12.4. The molecule has 5 aliphatic carbocycles. The van der Waals surface area contributed by atoms with Crippen LogP contribution in [0, 0.1) is 0 Å². The maximum Gasteiger partial charge on any atom is 0.0726 e. The van der Waals surface area contributed by atoms with E-state index >= 15 is 0 Å². The van der Waals surface area contributed by atoms with Crippen molar-refractivity contribution < 1.29 is 0 Å². The molecule has 2 heterocycles. The normalized spacial score (nSPS) is 14.0. The fraction of sp³-hybridized carbons (Fsp3) is 0.0495. The average Bonchev–Trinajstić information content (AvgIpc) is 1.51. The summed E-state index contributed by atoms with van der Waals surface area (Å²) in [5.74, 6) is 0. The molecule has 492 valence electrons. The fourth-order valence-corrected chi connectivity index (χ4v) is 21.8. The van der Waals surface area contributed by atoms with Gasteiger partial charge in [0.1, 0.15) is 0 Å². The molecule has 0 amide bonds. The molecule has 2 nitrogen and oxygen atoms in total. The van der Waals surface area contributed by atoms with Crippen LogP contribution in [0.2, 0.25) is 0 Å². The van der Waals surface area contributed by atoms with Gasteiger partial charge in [0.25, 0.3) is 0 Å². The van der Waals surface area contributed by atoms with Crippen LogP contribution >= 0.6 is 22.7 Å². The maximum atomic E-state index is 2.54. The van der Waals surface area contributed by atoms with Gasteiger partial charge in [-0.1, -0.05) is 305 Å². The molecule has 23 rings (SSSR count). The lowest BCUT2D eigenvalue weighted by Crippen LogP contribution is -2.26. The number of benzene rings is 16. The standard InChI is InChI=1S/C52H35NS.C49H31NS/c1-51(2)42-20-8-3-14-34(42)38-28-26-32(30-46(38)51)53(48-24-13-19-41-40-18-7-12-25-49(40)54-50(41)48)33-27-29-39-37-17-6-11-23-45(37)52(47(39)31-33)43-21-9-4-15-35(43)36-16-5-10-22-44(36)52;1-2-13-32(14-3-1)33-25-27-34(28-26-33)50(46-23-12-19-41-40-18-7-11-24-47(40)51-48(41)46)35-29-30-39-38-17-6-10-22-44(38)49(45(39)31-35)42-20-8-4-15-36(42)37-16-5-9-21-43(37)49/h3-31H,1-2H3;1-31H. The third kappa shape index (κ3) is 8.41. The summed E-state index contributed by atoms with van der Waals surface area (Å²) in [4.78, 5) is 5.02. The maximum absolute atomic E-state index is 2.54. The molecule has 0 unspecified atom stereocenters. The van der Waals surface area contributed by atoms with Gasteiger partial charge in [0.2, 0.25) is 0 Å². The van der Waals surface area contributed by atoms with Gasteiger partial charge >= 0.3 is 0 Å². The van der Waals surface area contributed by atoms with Crippen molar-refractivity contribution in [2.24, 2.45) is 0 Å². The molecule has 0 fully saturated rings. The number of nitrogens with zero attached hydrogens (tertiary/aromatic N) is 2. The van der Waals surface area contributed by atoms with Crippen LogP contribution in [0.4, 0.5) is 34.1 Å². The molecule has 105 heavy (non-hydrogen) atoms. The van der Waals surface area contributed by atoms with Gasteiger partial charge in [-0.25, -0.2) is 0 Å². The molecular formula is C101H66N2S2. The zero-order valence-electron chi connectivity index (χ0n) is 57.9. The Balaban J connectivity index is 0.000000132. The molecule has 0 atom stereocenters. The first-order chi connectivity index (χ1) is 51.8. The largest absolute Gasteiger partial charge is 0.309 e. The van der Waals surface area contributed by atoms with Gasteiger partial charge in [0, 0.05) is 59.1 Å². The zero-order chi connectivity index (χ0) is 69.3. The lowest BCUT2D eigenvalue weighted by atomic mass is 9.70. The molecule has 16 aromatic carbocycles. The van der Waals surface area contributed by atoms with Crippen LogP contribution in [0.5, 0.6) is 0 Å². The average molecular weight is 1370 g/mol. The number of hydrogen-bond acceptors (Lipinski definition) is 4. The Morgan fingerprint density at radius 2 is 0.495 bits per heavy atom. The minimum atomic E-state index is -0.411. The summed E-state index contributed by atoms with van der Waals surface area (Å²) in [7, 11) is 0. The summed E-state index contributed by atoms with van der Waals surface area (Å²) in [5.41, 5.74) is 35.4. The van der Waals surface area contributed by atoms with Gasteiger partial charge in [0.15, 0.2) is 0 Å². The molecular weight excluding hydrogens is 1310 g/mol. The topological polar surface area (TPSA) is 6.48 Å². The van der Waals surface area contributed by atoms with Crippen molar-refractivity contribution >= 4 is 97.1 Å². The minimum Gasteiger partial charge on any atom is -0.309 e. The highest BCUT2D eigenvalue weighted by Crippen LogP contribution is 2.66. The van der Waals surface area contributed by atoms with Crippen LogP contribution in [0.15, 0.2) is 364 Å². The minimum absolute atomic E-state index is 0.113. The van der Waals surface area contributed by atoms with Crippen LogP contribution < -0.4 is 9.80 Å². The smallest absolute Gasteiger partial charge is 0.0726 e. The van der Waals surface area contributed by atoms with E-state index in [2.05, 4.69) is 388 Å². The van der Waals surface area contributed by atoms with E-state index in [1.54, 1.807) is 0 Å². The van der Waals surface area contributed by atoms with Crippen molar-refractivity contribution in [3.8, 4) is 66.8 Å². The van der Waals surface area contributed by atoms with Crippen molar-refractivity contribution in [1.82, 2.24) is 0 Å². The Bertz CT molecular complexity index is 6540. The summed E-state index contributed by atoms with van der Waals surface area (Å²) in [6.45, 7) is 4.76. The van der Waals surface area contributed by atoms with Crippen molar-refractivity contribution in [2.45, 2.75) is 30.1 Å². The van der Waals surface area contributed by atoms with Crippen LogP contribution in [0.25, 0.3) is 107 Å². The van der Waals surface area contributed by atoms with Crippen LogP contribution in [0.3, 0.4) is 0 Å². The van der Waals surface area contributed by atoms with Crippen molar-refractivity contribution in [2.75, 3.05) is 9.80 Å². The van der Waals surface area contributed by atoms with Gasteiger partial charge < -0.3 is 9.80 Å². The molecule has 0 aliphatic heterocycles. The van der Waals surface area contributed by atoms with E-state index in [1.165, 1.54) is 185 Å². The Labute approximate surface area is 619 Å². The van der Waals surface area contributed by atoms with E-state index in [4.69, 9.17) is 0 Å². The molecule has 0 saturated carbocycles. The molecule has 4 heteroatoms. The number of hydrogen-bond donors (Lipinski definition) is 0. The lowest BCUT2D eigenvalue weighted by Gasteiger charge is -2.32. The number of anilines is 6. The highest BCUT2D eigenvalue weighted by Gasteiger charge is 2.53. The van der Waals surface area contributed by atoms with Gasteiger partial charge in [-0.2, -0.15) is 0 Å². The first kappa shape index (κ1) is 60.2. The zero-order valence-corrected chi connectivity index (χ0v) is 59.5. The molecule has 18 aromatic rings. The quantitative estimate of drug-likeness (QED) is 0.157. The third-order valence-electron chi connectivity index (χ3n) is 23.8. The first-order valence-corrected chi connectivity index (χ1v) is 38.2. The molecule has 2 spiro atoms. The highest BCUT2D eigenvalue weighted by atomic mass is 32.1. The molecule has 0 saturated heterocycles. The van der Waals surface area contributed by atoms with Crippen LogP contribution in [-0.2, 0) is 16.2 Å². The number of thiophene rings is 2. The van der Waals surface area contributed by atoms with E-state index < -0.39 is 10.8 Å². The molecule has 0 bridgehead atoms. The fourth-order valence-electron chi connectivity index (χ4n) is 19.4. The van der Waals surface area contributed by atoms with E-state index in [0.29, 0.717) is 0 Å². The van der Waals surface area contributed by atoms with E-state index in [0.717, 1.165) is 11.4 Å². The Kier molecular flexibility index (Phi) is 13.1. The monoisotopic (exact) mass is 1370 g/mol. The number of fused-ring (bicyclic) bond motifs is 29. The first-order valence-electron chi connectivity index (χ1n) is 36.5.